The van der Waals surface area contributed by atoms with Crippen LogP contribution in [0.2, 0.25) is 0 Å². The van der Waals surface area contributed by atoms with Crippen molar-refractivity contribution in [2.24, 2.45) is 0 Å². The van der Waals surface area contributed by atoms with Crippen LogP contribution in [-0.2, 0) is 28.6 Å². The van der Waals surface area contributed by atoms with Gasteiger partial charge in [0.15, 0.2) is 6.10 Å². The molecule has 0 aliphatic heterocycles. The molecule has 0 amide bonds. The Morgan fingerprint density at radius 3 is 1.15 bits per heavy atom. The summed E-state index contributed by atoms with van der Waals surface area (Å²) in [6.07, 6.45) is 48.4. The van der Waals surface area contributed by atoms with Gasteiger partial charge in [-0.3, -0.25) is 14.4 Å². The minimum Gasteiger partial charge on any atom is -0.462 e. The summed E-state index contributed by atoms with van der Waals surface area (Å²) >= 11 is 0. The van der Waals surface area contributed by atoms with Gasteiger partial charge >= 0.3 is 17.9 Å². The Balaban J connectivity index is 4.37. The van der Waals surface area contributed by atoms with Gasteiger partial charge in [-0.05, 0) is 70.6 Å². The Morgan fingerprint density at radius 1 is 0.389 bits per heavy atom. The van der Waals surface area contributed by atoms with Crippen molar-refractivity contribution in [3.8, 4) is 0 Å². The highest BCUT2D eigenvalue weighted by atomic mass is 16.6. The predicted octanol–water partition coefficient (Wildman–Crippen LogP) is 14.6. The van der Waals surface area contributed by atoms with Crippen LogP contribution in [0.15, 0.2) is 36.5 Å². The van der Waals surface area contributed by atoms with E-state index in [1.54, 1.807) is 0 Å². The smallest absolute Gasteiger partial charge is 0.306 e. The zero-order valence-corrected chi connectivity index (χ0v) is 35.7. The van der Waals surface area contributed by atoms with E-state index < -0.39 is 6.10 Å². The van der Waals surface area contributed by atoms with Crippen LogP contribution in [-0.4, -0.2) is 37.2 Å². The van der Waals surface area contributed by atoms with Crippen molar-refractivity contribution in [3.05, 3.63) is 36.5 Å². The van der Waals surface area contributed by atoms with Gasteiger partial charge in [-0.25, -0.2) is 0 Å². The number of hydrogen-bond acceptors (Lipinski definition) is 6. The molecule has 314 valence electrons. The molecule has 0 saturated carbocycles. The van der Waals surface area contributed by atoms with E-state index >= 15 is 0 Å². The number of unbranched alkanes of at least 4 members (excludes halogenated alkanes) is 24. The summed E-state index contributed by atoms with van der Waals surface area (Å²) < 4.78 is 16.7. The van der Waals surface area contributed by atoms with Crippen LogP contribution < -0.4 is 0 Å². The molecule has 0 radical (unpaired) electrons. The highest BCUT2D eigenvalue weighted by molar-refractivity contribution is 5.71. The van der Waals surface area contributed by atoms with E-state index in [4.69, 9.17) is 14.2 Å². The van der Waals surface area contributed by atoms with Crippen LogP contribution >= 0.6 is 0 Å². The van der Waals surface area contributed by atoms with Gasteiger partial charge in [0.25, 0.3) is 0 Å². The fourth-order valence-electron chi connectivity index (χ4n) is 6.41. The Labute approximate surface area is 334 Å². The molecule has 0 aromatic rings. The number of esters is 3. The molecule has 0 N–H and O–H groups in total. The Bertz CT molecular complexity index is 922. The third-order valence-corrected chi connectivity index (χ3v) is 9.88. The van der Waals surface area contributed by atoms with E-state index in [9.17, 15) is 14.4 Å². The van der Waals surface area contributed by atoms with Gasteiger partial charge in [0, 0.05) is 19.3 Å². The lowest BCUT2D eigenvalue weighted by molar-refractivity contribution is -0.167. The normalized spacial score (nSPS) is 12.3. The maximum atomic E-state index is 12.7. The molecule has 0 saturated heterocycles. The van der Waals surface area contributed by atoms with Gasteiger partial charge < -0.3 is 14.2 Å². The zero-order chi connectivity index (χ0) is 39.4. The molecule has 0 aromatic carbocycles. The second-order valence-electron chi connectivity index (χ2n) is 15.3. The standard InChI is InChI=1S/C48H86O6/c1-4-7-10-13-16-19-21-23-25-26-29-32-35-38-41-47(50)53-44-45(43-52-46(49)40-37-34-31-28-18-15-12-9-6-3)54-48(51)42-39-36-33-30-27-24-22-20-17-14-11-8-5-2/h7,10,16,19,24,27,45H,4-6,8-9,11-15,17-18,20-23,25-26,28-44H2,1-3H3/b10-7-,19-16-,27-24-. The van der Waals surface area contributed by atoms with E-state index in [2.05, 4.69) is 57.2 Å². The summed E-state index contributed by atoms with van der Waals surface area (Å²) in [5.74, 6) is -0.904. The Morgan fingerprint density at radius 2 is 0.722 bits per heavy atom. The van der Waals surface area contributed by atoms with Crippen LogP contribution in [0.4, 0.5) is 0 Å². The van der Waals surface area contributed by atoms with Gasteiger partial charge in [0.1, 0.15) is 13.2 Å². The maximum absolute atomic E-state index is 12.7. The summed E-state index contributed by atoms with van der Waals surface area (Å²) in [6, 6.07) is 0. The molecule has 6 heteroatoms. The van der Waals surface area contributed by atoms with Gasteiger partial charge in [-0.2, -0.15) is 0 Å². The highest BCUT2D eigenvalue weighted by Crippen LogP contribution is 2.14. The monoisotopic (exact) mass is 759 g/mol. The van der Waals surface area contributed by atoms with Crippen molar-refractivity contribution in [2.75, 3.05) is 13.2 Å². The molecule has 1 unspecified atom stereocenters. The van der Waals surface area contributed by atoms with E-state index in [-0.39, 0.29) is 31.1 Å². The fraction of sp³-hybridized carbons (Fsp3) is 0.812. The molecule has 0 aliphatic carbocycles. The second-order valence-corrected chi connectivity index (χ2v) is 15.3. The lowest BCUT2D eigenvalue weighted by Crippen LogP contribution is -2.30. The molecular formula is C48H86O6. The van der Waals surface area contributed by atoms with Crippen molar-refractivity contribution in [3.63, 3.8) is 0 Å². The maximum Gasteiger partial charge on any atom is 0.306 e. The molecule has 54 heavy (non-hydrogen) atoms. The summed E-state index contributed by atoms with van der Waals surface area (Å²) in [6.45, 7) is 6.48. The van der Waals surface area contributed by atoms with Crippen LogP contribution in [0.5, 0.6) is 0 Å². The summed E-state index contributed by atoms with van der Waals surface area (Å²) in [5.41, 5.74) is 0. The quantitative estimate of drug-likeness (QED) is 0.0267. The molecular weight excluding hydrogens is 673 g/mol. The first-order valence-corrected chi connectivity index (χ1v) is 23.0. The third kappa shape index (κ3) is 40.8. The first-order chi connectivity index (χ1) is 26.5. The summed E-state index contributed by atoms with van der Waals surface area (Å²) in [5, 5.41) is 0. The van der Waals surface area contributed by atoms with Crippen molar-refractivity contribution < 1.29 is 28.6 Å². The van der Waals surface area contributed by atoms with Crippen molar-refractivity contribution in [1.29, 1.82) is 0 Å². The molecule has 0 rings (SSSR count). The van der Waals surface area contributed by atoms with Gasteiger partial charge in [-0.15, -0.1) is 0 Å². The van der Waals surface area contributed by atoms with Gasteiger partial charge in [0.2, 0.25) is 0 Å². The summed E-state index contributed by atoms with van der Waals surface area (Å²) in [7, 11) is 0. The average Bonchev–Trinajstić information content (AvgIpc) is 3.17. The topological polar surface area (TPSA) is 78.9 Å². The number of hydrogen-bond donors (Lipinski definition) is 0. The molecule has 0 fully saturated rings. The van der Waals surface area contributed by atoms with Gasteiger partial charge in [0.05, 0.1) is 0 Å². The second kappa shape index (κ2) is 43.4. The Hall–Kier alpha value is -2.37. The molecule has 0 aliphatic rings. The molecule has 0 bridgehead atoms. The molecule has 0 heterocycles. The lowest BCUT2D eigenvalue weighted by atomic mass is 10.1. The van der Waals surface area contributed by atoms with E-state index in [1.165, 1.54) is 103 Å². The minimum atomic E-state index is -0.777. The van der Waals surface area contributed by atoms with Crippen molar-refractivity contribution in [2.45, 2.75) is 239 Å². The number of rotatable bonds is 41. The van der Waals surface area contributed by atoms with E-state index in [0.29, 0.717) is 19.3 Å². The van der Waals surface area contributed by atoms with Crippen molar-refractivity contribution >= 4 is 17.9 Å². The fourth-order valence-corrected chi connectivity index (χ4v) is 6.41. The SMILES string of the molecule is CC/C=C\C/C=C\CCCCCCCCCC(=O)OCC(COC(=O)CCCCCCCCCCC)OC(=O)CCCCC/C=C\CCCCCCCC. The van der Waals surface area contributed by atoms with E-state index in [0.717, 1.165) is 89.9 Å². The summed E-state index contributed by atoms with van der Waals surface area (Å²) in [4.78, 5) is 37.7. The predicted molar refractivity (Wildman–Crippen MR) is 229 cm³/mol. The Kier molecular flexibility index (Phi) is 41.5. The van der Waals surface area contributed by atoms with Crippen molar-refractivity contribution in [1.82, 2.24) is 0 Å². The molecule has 6 nitrogen and oxygen atoms in total. The molecule has 0 aromatic heterocycles. The number of allylic oxidation sites excluding steroid dienone is 6. The molecule has 0 spiro atoms. The van der Waals surface area contributed by atoms with Gasteiger partial charge in [-0.1, -0.05) is 179 Å². The molecule has 1 atom stereocenters. The number of carbonyl (C=O) groups is 3. The first-order valence-electron chi connectivity index (χ1n) is 23.0. The number of carbonyl (C=O) groups excluding carboxylic acids is 3. The van der Waals surface area contributed by atoms with E-state index in [1.807, 2.05) is 0 Å². The van der Waals surface area contributed by atoms with Crippen LogP contribution in [0, 0.1) is 0 Å². The van der Waals surface area contributed by atoms with Crippen LogP contribution in [0.25, 0.3) is 0 Å². The first kappa shape index (κ1) is 51.6. The largest absolute Gasteiger partial charge is 0.462 e. The minimum absolute atomic E-state index is 0.0790. The van der Waals surface area contributed by atoms with Crippen LogP contribution in [0.3, 0.4) is 0 Å². The average molecular weight is 759 g/mol. The number of ether oxygens (including phenoxy) is 3. The van der Waals surface area contributed by atoms with Crippen LogP contribution in [0.1, 0.15) is 233 Å². The lowest BCUT2D eigenvalue weighted by Gasteiger charge is -2.18. The highest BCUT2D eigenvalue weighted by Gasteiger charge is 2.19. The zero-order valence-electron chi connectivity index (χ0n) is 35.7. The third-order valence-electron chi connectivity index (χ3n) is 9.88.